The summed E-state index contributed by atoms with van der Waals surface area (Å²) in [4.78, 5) is 66.3. The topological polar surface area (TPSA) is 135 Å². The second-order valence-corrected chi connectivity index (χ2v) is 18.1. The fourth-order valence-corrected chi connectivity index (χ4v) is 7.63. The minimum absolute atomic E-state index is 0.0218. The standard InChI is InChI=1S/C52H97NO10/c1-7-11-15-19-21-28-36-45(34-26-17-13-9-3)50(56)60-40-31-24-23-30-38-48(54)63-47(44-49(55)59-43-39-53(5)6)52(58)62-42-33-25-32-41-61-51(57)46(35-27-18-14-10-4)37-29-22-20-16-12-8-2/h45-47H,7-44H2,1-6H3. The molecule has 0 saturated heterocycles. The van der Waals surface area contributed by atoms with Crippen molar-refractivity contribution >= 4 is 29.8 Å². The first-order valence-electron chi connectivity index (χ1n) is 26.1. The van der Waals surface area contributed by atoms with E-state index in [-0.39, 0.29) is 43.4 Å². The Morgan fingerprint density at radius 3 is 1.16 bits per heavy atom. The fraction of sp³-hybridized carbons (Fsp3) is 0.904. The Morgan fingerprint density at radius 1 is 0.381 bits per heavy atom. The molecule has 11 nitrogen and oxygen atoms in total. The number of likely N-dealkylation sites (N-methyl/N-ethyl adjacent to an activating group) is 1. The zero-order valence-corrected chi connectivity index (χ0v) is 41.6. The maximum atomic E-state index is 13.1. The number of esters is 5. The highest BCUT2D eigenvalue weighted by atomic mass is 16.6. The molecule has 0 spiro atoms. The summed E-state index contributed by atoms with van der Waals surface area (Å²) >= 11 is 0. The van der Waals surface area contributed by atoms with Crippen molar-refractivity contribution in [2.24, 2.45) is 11.8 Å². The minimum Gasteiger partial charge on any atom is -0.465 e. The van der Waals surface area contributed by atoms with Crippen molar-refractivity contribution in [3.05, 3.63) is 0 Å². The van der Waals surface area contributed by atoms with Crippen molar-refractivity contribution in [3.63, 3.8) is 0 Å². The third kappa shape index (κ3) is 38.3. The Balaban J connectivity index is 4.77. The SMILES string of the molecule is CCCCCCCCC(CCCCCC)C(=O)OCCCCCCC(=O)OC(CC(=O)OCCN(C)C)C(=O)OCCCCCOC(=O)C(CCCCCC)CCCCCCCC. The highest BCUT2D eigenvalue weighted by Crippen LogP contribution is 2.22. The van der Waals surface area contributed by atoms with Crippen molar-refractivity contribution < 1.29 is 47.7 Å². The van der Waals surface area contributed by atoms with Gasteiger partial charge in [0.2, 0.25) is 6.10 Å². The van der Waals surface area contributed by atoms with Crippen LogP contribution in [0.3, 0.4) is 0 Å². The van der Waals surface area contributed by atoms with E-state index < -0.39 is 30.4 Å². The fourth-order valence-electron chi connectivity index (χ4n) is 7.63. The molecule has 0 fully saturated rings. The van der Waals surface area contributed by atoms with Crippen molar-refractivity contribution in [1.29, 1.82) is 0 Å². The Bertz CT molecular complexity index is 1110. The Kier molecular flexibility index (Phi) is 42.6. The molecule has 0 heterocycles. The van der Waals surface area contributed by atoms with Crippen LogP contribution in [0.25, 0.3) is 0 Å². The smallest absolute Gasteiger partial charge is 0.348 e. The summed E-state index contributed by atoms with van der Waals surface area (Å²) in [6.45, 7) is 10.3. The average molecular weight is 896 g/mol. The van der Waals surface area contributed by atoms with Gasteiger partial charge in [-0.3, -0.25) is 19.2 Å². The van der Waals surface area contributed by atoms with E-state index >= 15 is 0 Å². The molecule has 0 bridgehead atoms. The predicted molar refractivity (Wildman–Crippen MR) is 254 cm³/mol. The van der Waals surface area contributed by atoms with Crippen LogP contribution in [0.15, 0.2) is 0 Å². The van der Waals surface area contributed by atoms with Gasteiger partial charge in [-0.2, -0.15) is 0 Å². The first-order valence-corrected chi connectivity index (χ1v) is 26.1. The Hall–Kier alpha value is -2.69. The van der Waals surface area contributed by atoms with E-state index in [0.29, 0.717) is 45.4 Å². The highest BCUT2D eigenvalue weighted by Gasteiger charge is 2.28. The van der Waals surface area contributed by atoms with E-state index in [9.17, 15) is 24.0 Å². The molecule has 11 heteroatoms. The molecule has 3 unspecified atom stereocenters. The number of ether oxygens (including phenoxy) is 5. The van der Waals surface area contributed by atoms with Crippen LogP contribution >= 0.6 is 0 Å². The van der Waals surface area contributed by atoms with Crippen LogP contribution in [0.1, 0.15) is 240 Å². The lowest BCUT2D eigenvalue weighted by Gasteiger charge is -2.17. The quantitative estimate of drug-likeness (QED) is 0.0328. The number of rotatable bonds is 46. The van der Waals surface area contributed by atoms with Crippen LogP contribution in [0, 0.1) is 11.8 Å². The number of carbonyl (C=O) groups is 5. The van der Waals surface area contributed by atoms with E-state index in [1.165, 1.54) is 83.5 Å². The number of hydrogen-bond donors (Lipinski definition) is 0. The molecule has 370 valence electrons. The third-order valence-electron chi connectivity index (χ3n) is 11.8. The van der Waals surface area contributed by atoms with Crippen molar-refractivity contribution in [1.82, 2.24) is 4.90 Å². The van der Waals surface area contributed by atoms with Crippen molar-refractivity contribution in [3.8, 4) is 0 Å². The highest BCUT2D eigenvalue weighted by molar-refractivity contribution is 5.84. The molecule has 0 radical (unpaired) electrons. The molecule has 0 amide bonds. The first kappa shape index (κ1) is 60.3. The van der Waals surface area contributed by atoms with Gasteiger partial charge in [0, 0.05) is 13.0 Å². The molecule has 0 rings (SSSR count). The van der Waals surface area contributed by atoms with Crippen LogP contribution in [0.2, 0.25) is 0 Å². The van der Waals surface area contributed by atoms with Crippen LogP contribution in [-0.4, -0.2) is 87.9 Å². The molecule has 0 aliphatic carbocycles. The van der Waals surface area contributed by atoms with Gasteiger partial charge in [-0.25, -0.2) is 4.79 Å². The van der Waals surface area contributed by atoms with Crippen molar-refractivity contribution in [2.75, 3.05) is 47.1 Å². The molecule has 0 N–H and O–H groups in total. The predicted octanol–water partition coefficient (Wildman–Crippen LogP) is 12.8. The van der Waals surface area contributed by atoms with Gasteiger partial charge < -0.3 is 28.6 Å². The summed E-state index contributed by atoms with van der Waals surface area (Å²) in [5.74, 6) is -2.22. The van der Waals surface area contributed by atoms with Crippen LogP contribution < -0.4 is 0 Å². The summed E-state index contributed by atoms with van der Waals surface area (Å²) in [5.41, 5.74) is 0. The Labute approximate surface area is 385 Å². The Morgan fingerprint density at radius 2 is 0.730 bits per heavy atom. The molecular weight excluding hydrogens is 799 g/mol. The lowest BCUT2D eigenvalue weighted by molar-refractivity contribution is -0.172. The number of nitrogens with zero attached hydrogens (tertiary/aromatic N) is 1. The maximum absolute atomic E-state index is 13.1. The van der Waals surface area contributed by atoms with Gasteiger partial charge in [0.05, 0.1) is 38.1 Å². The summed E-state index contributed by atoms with van der Waals surface area (Å²) in [6.07, 6.45) is 30.1. The van der Waals surface area contributed by atoms with Crippen LogP contribution in [0.4, 0.5) is 0 Å². The number of hydrogen-bond acceptors (Lipinski definition) is 11. The van der Waals surface area contributed by atoms with E-state index in [4.69, 9.17) is 23.7 Å². The summed E-state index contributed by atoms with van der Waals surface area (Å²) < 4.78 is 27.6. The normalized spacial score (nSPS) is 12.7. The van der Waals surface area contributed by atoms with Gasteiger partial charge >= 0.3 is 29.8 Å². The van der Waals surface area contributed by atoms with E-state index in [0.717, 1.165) is 89.9 Å². The number of carbonyl (C=O) groups excluding carboxylic acids is 5. The molecule has 0 saturated carbocycles. The van der Waals surface area contributed by atoms with Crippen LogP contribution in [-0.2, 0) is 47.7 Å². The van der Waals surface area contributed by atoms with E-state index in [1.54, 1.807) is 0 Å². The number of unbranched alkanes of at least 4 members (excludes halogenated alkanes) is 21. The molecule has 0 aromatic rings. The molecule has 0 aromatic heterocycles. The van der Waals surface area contributed by atoms with Gasteiger partial charge in [-0.05, 0) is 71.9 Å². The van der Waals surface area contributed by atoms with Gasteiger partial charge in [0.1, 0.15) is 6.61 Å². The maximum Gasteiger partial charge on any atom is 0.348 e. The van der Waals surface area contributed by atoms with Gasteiger partial charge in [-0.1, -0.05) is 169 Å². The monoisotopic (exact) mass is 896 g/mol. The van der Waals surface area contributed by atoms with Gasteiger partial charge in [-0.15, -0.1) is 0 Å². The zero-order valence-electron chi connectivity index (χ0n) is 41.6. The zero-order chi connectivity index (χ0) is 46.6. The second kappa shape index (κ2) is 44.5. The summed E-state index contributed by atoms with van der Waals surface area (Å²) in [7, 11) is 3.72. The summed E-state index contributed by atoms with van der Waals surface area (Å²) in [6, 6.07) is 0. The molecule has 63 heavy (non-hydrogen) atoms. The van der Waals surface area contributed by atoms with E-state index in [1.807, 2.05) is 19.0 Å². The molecule has 3 atom stereocenters. The van der Waals surface area contributed by atoms with Crippen LogP contribution in [0.5, 0.6) is 0 Å². The molecule has 0 aliphatic heterocycles. The molecule has 0 aliphatic rings. The van der Waals surface area contributed by atoms with Gasteiger partial charge in [0.25, 0.3) is 0 Å². The first-order chi connectivity index (χ1) is 30.6. The summed E-state index contributed by atoms with van der Waals surface area (Å²) in [5, 5.41) is 0. The average Bonchev–Trinajstić information content (AvgIpc) is 3.26. The molecule has 0 aromatic carbocycles. The van der Waals surface area contributed by atoms with E-state index in [2.05, 4.69) is 27.7 Å². The largest absolute Gasteiger partial charge is 0.465 e. The second-order valence-electron chi connectivity index (χ2n) is 18.1. The lowest BCUT2D eigenvalue weighted by Crippen LogP contribution is -2.33. The minimum atomic E-state index is -1.39. The van der Waals surface area contributed by atoms with Gasteiger partial charge in [0.15, 0.2) is 0 Å². The third-order valence-corrected chi connectivity index (χ3v) is 11.8. The molecular formula is C52H97NO10. The lowest BCUT2D eigenvalue weighted by atomic mass is 9.94. The van der Waals surface area contributed by atoms with Crippen molar-refractivity contribution in [2.45, 2.75) is 246 Å².